The van der Waals surface area contributed by atoms with Crippen LogP contribution in [0.25, 0.3) is 0 Å². The van der Waals surface area contributed by atoms with Crippen LogP contribution in [0.15, 0.2) is 60.7 Å². The van der Waals surface area contributed by atoms with Crippen molar-refractivity contribution in [3.05, 3.63) is 71.8 Å². The molecule has 0 nitrogen and oxygen atoms in total. The molecule has 224 valence electrons. The minimum absolute atomic E-state index is 0.204. The third-order valence-corrected chi connectivity index (χ3v) is 17.9. The molecule has 0 saturated heterocycles. The number of hydrogen-bond donors (Lipinski definition) is 0. The second-order valence-electron chi connectivity index (χ2n) is 16.8. The molecule has 1 aliphatic rings. The van der Waals surface area contributed by atoms with Crippen LogP contribution in [0, 0.1) is 23.7 Å². The highest BCUT2D eigenvalue weighted by atomic mass is 31.1. The monoisotopic (exact) mass is 580 g/mol. The van der Waals surface area contributed by atoms with Gasteiger partial charge in [-0.05, 0) is 79.6 Å². The molecule has 6 atom stereocenters. The summed E-state index contributed by atoms with van der Waals surface area (Å²) in [6.45, 7) is 35.5. The lowest BCUT2D eigenvalue weighted by molar-refractivity contribution is 0.0953. The number of benzene rings is 2. The van der Waals surface area contributed by atoms with Gasteiger partial charge >= 0.3 is 0 Å². The predicted molar refractivity (Wildman–Crippen MR) is 186 cm³/mol. The average Bonchev–Trinajstić information content (AvgIpc) is 2.81. The van der Waals surface area contributed by atoms with Crippen LogP contribution in [0.2, 0.25) is 0 Å². The first-order valence-corrected chi connectivity index (χ1v) is 19.0. The highest BCUT2D eigenvalue weighted by Crippen LogP contribution is 2.68. The van der Waals surface area contributed by atoms with Gasteiger partial charge in [0.15, 0.2) is 0 Å². The summed E-state index contributed by atoms with van der Waals surface area (Å²) in [6.07, 6.45) is 2.73. The number of rotatable bonds is 6. The van der Waals surface area contributed by atoms with E-state index >= 15 is 0 Å². The van der Waals surface area contributed by atoms with E-state index in [2.05, 4.69) is 158 Å². The largest absolute Gasteiger partial charge is 0.0953 e. The van der Waals surface area contributed by atoms with E-state index in [0.29, 0.717) is 56.1 Å². The Bertz CT molecular complexity index is 930. The van der Waals surface area contributed by atoms with Gasteiger partial charge in [-0.15, -0.1) is 0 Å². The summed E-state index contributed by atoms with van der Waals surface area (Å²) in [5.41, 5.74) is 3.16. The molecule has 2 aromatic carbocycles. The van der Waals surface area contributed by atoms with E-state index in [9.17, 15) is 0 Å². The van der Waals surface area contributed by atoms with Crippen molar-refractivity contribution in [1.82, 2.24) is 0 Å². The van der Waals surface area contributed by atoms with Crippen molar-refractivity contribution in [2.24, 2.45) is 23.7 Å². The molecule has 2 aromatic rings. The Labute approximate surface area is 252 Å². The van der Waals surface area contributed by atoms with E-state index in [4.69, 9.17) is 0 Å². The lowest BCUT2D eigenvalue weighted by atomic mass is 9.55. The summed E-state index contributed by atoms with van der Waals surface area (Å²) < 4.78 is 0. The van der Waals surface area contributed by atoms with Crippen molar-refractivity contribution >= 4 is 15.8 Å². The summed E-state index contributed by atoms with van der Waals surface area (Å²) >= 11 is 0. The van der Waals surface area contributed by atoms with E-state index < -0.39 is 0 Å². The van der Waals surface area contributed by atoms with Gasteiger partial charge in [-0.1, -0.05) is 173 Å². The second-order valence-corrected chi connectivity index (χ2v) is 24.6. The highest BCUT2D eigenvalue weighted by Gasteiger charge is 2.52. The Hall–Kier alpha value is -0.700. The average molecular weight is 581 g/mol. The van der Waals surface area contributed by atoms with Crippen LogP contribution in [0.1, 0.15) is 120 Å². The molecule has 0 heterocycles. The Kier molecular flexibility index (Phi) is 10.6. The summed E-state index contributed by atoms with van der Waals surface area (Å²) in [6, 6.07) is 23.4. The predicted octanol–water partition coefficient (Wildman–Crippen LogP) is 12.2. The van der Waals surface area contributed by atoms with Gasteiger partial charge in [0.05, 0.1) is 0 Å². The first kappa shape index (κ1) is 33.8. The molecule has 1 saturated carbocycles. The molecule has 0 bridgehead atoms. The standard InChI is InChI=1S/C38H62P2/c1-27-28(2)34(30-23-19-16-20-24-30)32(26-40(37(9,10)11)38(12,13)14)31(33(27)29-21-17-15-18-22-29)25-39(35(3,4)5)36(6,7)8/h15-24,27-28,31-34H,25-26H2,1-14H3. The number of hydrogen-bond acceptors (Lipinski definition) is 0. The first-order valence-electron chi connectivity index (χ1n) is 15.9. The normalized spacial score (nSPS) is 26.9. The van der Waals surface area contributed by atoms with Crippen molar-refractivity contribution in [1.29, 1.82) is 0 Å². The Morgan fingerprint density at radius 3 is 0.925 bits per heavy atom. The zero-order valence-corrected chi connectivity index (χ0v) is 30.3. The van der Waals surface area contributed by atoms with Gasteiger partial charge in [0.25, 0.3) is 0 Å². The smallest absolute Gasteiger partial charge is 0.00988 e. The molecule has 2 heteroatoms. The molecular weight excluding hydrogens is 518 g/mol. The van der Waals surface area contributed by atoms with Crippen molar-refractivity contribution in [3.8, 4) is 0 Å². The van der Waals surface area contributed by atoms with Gasteiger partial charge in [-0.2, -0.15) is 0 Å². The van der Waals surface area contributed by atoms with E-state index in [-0.39, 0.29) is 15.8 Å². The maximum atomic E-state index is 2.59. The molecule has 1 aliphatic carbocycles. The van der Waals surface area contributed by atoms with E-state index in [1.54, 1.807) is 11.1 Å². The quantitative estimate of drug-likeness (QED) is 0.298. The molecule has 0 aromatic heterocycles. The molecule has 0 spiro atoms. The van der Waals surface area contributed by atoms with Crippen molar-refractivity contribution in [2.75, 3.05) is 12.3 Å². The summed E-state index contributed by atoms with van der Waals surface area (Å²) in [5, 5.41) is 1.30. The minimum atomic E-state index is -0.204. The third kappa shape index (κ3) is 7.82. The van der Waals surface area contributed by atoms with Gasteiger partial charge in [-0.25, -0.2) is 0 Å². The van der Waals surface area contributed by atoms with Crippen LogP contribution in [0.5, 0.6) is 0 Å². The lowest BCUT2D eigenvalue weighted by Crippen LogP contribution is -2.47. The summed E-state index contributed by atoms with van der Waals surface area (Å²) in [5.74, 6) is 3.85. The second kappa shape index (κ2) is 12.5. The molecular formula is C38H62P2. The zero-order chi connectivity index (χ0) is 30.3. The van der Waals surface area contributed by atoms with Gasteiger partial charge in [-0.3, -0.25) is 0 Å². The molecule has 40 heavy (non-hydrogen) atoms. The maximum Gasteiger partial charge on any atom is -0.00988 e. The minimum Gasteiger partial charge on any atom is -0.0953 e. The Morgan fingerprint density at radius 2 is 0.700 bits per heavy atom. The SMILES string of the molecule is CC1C(C)C(c2ccccc2)C(CP(C(C)(C)C)C(C)(C)C)C(CP(C(C)(C)C)C(C)(C)C)C1c1ccccc1. The van der Waals surface area contributed by atoms with Crippen LogP contribution in [-0.4, -0.2) is 32.9 Å². The van der Waals surface area contributed by atoms with Gasteiger partial charge in [0, 0.05) is 0 Å². The van der Waals surface area contributed by atoms with E-state index in [1.807, 2.05) is 0 Å². The zero-order valence-electron chi connectivity index (χ0n) is 28.5. The van der Waals surface area contributed by atoms with Gasteiger partial charge < -0.3 is 0 Å². The van der Waals surface area contributed by atoms with Gasteiger partial charge in [0.2, 0.25) is 0 Å². The molecule has 6 unspecified atom stereocenters. The van der Waals surface area contributed by atoms with Crippen LogP contribution >= 0.6 is 15.8 Å². The Balaban J connectivity index is 2.30. The van der Waals surface area contributed by atoms with Crippen LogP contribution in [0.3, 0.4) is 0 Å². The fourth-order valence-corrected chi connectivity index (χ4v) is 16.5. The molecule has 1 fully saturated rings. The van der Waals surface area contributed by atoms with Crippen LogP contribution in [-0.2, 0) is 0 Å². The van der Waals surface area contributed by atoms with Crippen molar-refractivity contribution in [2.45, 2.75) is 129 Å². The van der Waals surface area contributed by atoms with Crippen molar-refractivity contribution in [3.63, 3.8) is 0 Å². The highest BCUT2D eigenvalue weighted by molar-refractivity contribution is 7.61. The topological polar surface area (TPSA) is 0 Å². The molecule has 0 N–H and O–H groups in total. The molecule has 3 rings (SSSR count). The molecule has 0 radical (unpaired) electrons. The third-order valence-electron chi connectivity index (χ3n) is 9.83. The van der Waals surface area contributed by atoms with Crippen LogP contribution in [0.4, 0.5) is 0 Å². The fraction of sp³-hybridized carbons (Fsp3) is 0.684. The van der Waals surface area contributed by atoms with Gasteiger partial charge in [0.1, 0.15) is 0 Å². The Morgan fingerprint density at radius 1 is 0.450 bits per heavy atom. The summed E-state index contributed by atoms with van der Waals surface area (Å²) in [4.78, 5) is 0. The van der Waals surface area contributed by atoms with E-state index in [1.165, 1.54) is 12.3 Å². The first-order chi connectivity index (χ1) is 18.2. The van der Waals surface area contributed by atoms with Crippen molar-refractivity contribution < 1.29 is 0 Å². The summed E-state index contributed by atoms with van der Waals surface area (Å²) in [7, 11) is -0.409. The molecule has 0 amide bonds. The molecule has 0 aliphatic heterocycles. The van der Waals surface area contributed by atoms with E-state index in [0.717, 1.165) is 0 Å². The lowest BCUT2D eigenvalue weighted by Gasteiger charge is -2.56. The maximum absolute atomic E-state index is 2.59. The fourth-order valence-electron chi connectivity index (χ4n) is 8.45. The van der Waals surface area contributed by atoms with Crippen LogP contribution < -0.4 is 0 Å².